The van der Waals surface area contributed by atoms with Crippen molar-refractivity contribution >= 4 is 51.8 Å². The molecule has 55 heavy (non-hydrogen) atoms. The number of Topliss-reactive ketones (excluding diaryl/α,β-unsaturated/α-hetero) is 1. The zero-order valence-corrected chi connectivity index (χ0v) is 31.6. The smallest absolute Gasteiger partial charge is 0.263 e. The average molecular weight is 745 g/mol. The molecule has 1 unspecified atom stereocenters. The fourth-order valence-corrected chi connectivity index (χ4v) is 9.38. The predicted octanol–water partition coefficient (Wildman–Crippen LogP) is 3.94. The van der Waals surface area contributed by atoms with Crippen molar-refractivity contribution in [3.63, 3.8) is 0 Å². The molecule has 5 aliphatic rings. The number of ketones is 1. The largest absolute Gasteiger partial charge is 0.371 e. The van der Waals surface area contributed by atoms with Gasteiger partial charge in [-0.1, -0.05) is 18.9 Å². The van der Waals surface area contributed by atoms with E-state index in [0.29, 0.717) is 41.7 Å². The minimum atomic E-state index is -0.260. The van der Waals surface area contributed by atoms with Crippen molar-refractivity contribution in [1.82, 2.24) is 34.6 Å². The second kappa shape index (κ2) is 14.5. The maximum atomic E-state index is 13.6. The van der Waals surface area contributed by atoms with Gasteiger partial charge in [0.2, 0.25) is 17.8 Å². The standard InChI is InChI=1S/C41H48N10O4/c1-25-33-19-43-41(46-38(33)51(30-5-3-4-6-30)40(55)37(25)26(2)52)44-35-11-9-32(18-42-35)48-15-13-47(14-16-48)20-27-21-49(22-27)31-8-7-28-23-50(24-29(28)17-31)34-10-12-36(53)45-39(34)54/h7-9,11,17-19,27,30,34H,3-6,10,12-16,20-24H2,1-2H3,(H,45,53,54)(H,42,43,44,46). The number of piperidine rings is 1. The molecule has 1 aliphatic carbocycles. The van der Waals surface area contributed by atoms with Crippen LogP contribution in [0.5, 0.6) is 0 Å². The molecule has 9 rings (SSSR count). The first-order valence-corrected chi connectivity index (χ1v) is 19.8. The van der Waals surface area contributed by atoms with Crippen molar-refractivity contribution in [2.24, 2.45) is 5.92 Å². The normalized spacial score (nSPS) is 21.2. The maximum Gasteiger partial charge on any atom is 0.263 e. The lowest BCUT2D eigenvalue weighted by molar-refractivity contribution is -0.137. The Bertz CT molecular complexity index is 2220. The van der Waals surface area contributed by atoms with Gasteiger partial charge in [-0.3, -0.25) is 38.9 Å². The van der Waals surface area contributed by atoms with Crippen LogP contribution >= 0.6 is 0 Å². The first kappa shape index (κ1) is 35.5. The highest BCUT2D eigenvalue weighted by Crippen LogP contribution is 2.34. The van der Waals surface area contributed by atoms with E-state index >= 15 is 0 Å². The molecule has 4 aliphatic heterocycles. The number of fused-ring (bicyclic) bond motifs is 2. The summed E-state index contributed by atoms with van der Waals surface area (Å²) in [7, 11) is 0. The van der Waals surface area contributed by atoms with E-state index in [-0.39, 0.29) is 40.8 Å². The number of carbonyl (C=O) groups excluding carboxylic acids is 3. The molecule has 14 nitrogen and oxygen atoms in total. The number of hydrogen-bond donors (Lipinski definition) is 2. The Morgan fingerprint density at radius 1 is 0.891 bits per heavy atom. The Morgan fingerprint density at radius 2 is 1.65 bits per heavy atom. The van der Waals surface area contributed by atoms with Gasteiger partial charge >= 0.3 is 0 Å². The summed E-state index contributed by atoms with van der Waals surface area (Å²) >= 11 is 0. The third kappa shape index (κ3) is 6.86. The Labute approximate surface area is 319 Å². The van der Waals surface area contributed by atoms with E-state index in [0.717, 1.165) is 95.7 Å². The van der Waals surface area contributed by atoms with Gasteiger partial charge in [0.05, 0.1) is 23.5 Å². The molecule has 1 aromatic carbocycles. The number of hydrogen-bond acceptors (Lipinski definition) is 12. The molecule has 0 radical (unpaired) electrons. The van der Waals surface area contributed by atoms with Crippen molar-refractivity contribution < 1.29 is 14.4 Å². The van der Waals surface area contributed by atoms with Crippen LogP contribution in [0.4, 0.5) is 23.1 Å². The van der Waals surface area contributed by atoms with Crippen LogP contribution in [-0.4, -0.2) is 98.8 Å². The Hall–Kier alpha value is -5.21. The zero-order chi connectivity index (χ0) is 37.8. The number of imide groups is 1. The Morgan fingerprint density at radius 3 is 2.38 bits per heavy atom. The highest BCUT2D eigenvalue weighted by atomic mass is 16.2. The number of piperazine rings is 1. The molecule has 0 bridgehead atoms. The van der Waals surface area contributed by atoms with E-state index in [1.807, 2.05) is 12.3 Å². The minimum Gasteiger partial charge on any atom is -0.371 e. The summed E-state index contributed by atoms with van der Waals surface area (Å²) in [6, 6.07) is 10.5. The van der Waals surface area contributed by atoms with Gasteiger partial charge in [0.1, 0.15) is 11.5 Å². The van der Waals surface area contributed by atoms with Gasteiger partial charge in [-0.15, -0.1) is 0 Å². The number of aromatic nitrogens is 4. The highest BCUT2D eigenvalue weighted by Gasteiger charge is 2.36. The monoisotopic (exact) mass is 744 g/mol. The van der Waals surface area contributed by atoms with E-state index in [2.05, 4.69) is 64.5 Å². The zero-order valence-electron chi connectivity index (χ0n) is 31.6. The first-order valence-electron chi connectivity index (χ1n) is 19.8. The van der Waals surface area contributed by atoms with Crippen LogP contribution in [0, 0.1) is 12.8 Å². The van der Waals surface area contributed by atoms with Crippen LogP contribution in [0.25, 0.3) is 11.0 Å². The molecule has 1 saturated carbocycles. The molecule has 0 spiro atoms. The summed E-state index contributed by atoms with van der Waals surface area (Å²) < 4.78 is 1.73. The molecular formula is C41H48N10O4. The average Bonchev–Trinajstić information content (AvgIpc) is 3.84. The van der Waals surface area contributed by atoms with Crippen LogP contribution in [0.2, 0.25) is 0 Å². The summed E-state index contributed by atoms with van der Waals surface area (Å²) in [5.41, 5.74) is 6.05. The number of rotatable bonds is 9. The van der Waals surface area contributed by atoms with E-state index in [1.54, 1.807) is 17.7 Å². The summed E-state index contributed by atoms with van der Waals surface area (Å²) in [5, 5.41) is 6.46. The SMILES string of the molecule is CC(=O)c1c(C)c2cnc(Nc3ccc(N4CCN(CC5CN(c6ccc7c(c6)CN(C6CCC(=O)NC6=O)C7)C5)CC4)cn3)nc2n(C2CCCC2)c1=O. The third-order valence-corrected chi connectivity index (χ3v) is 12.4. The molecule has 14 heteroatoms. The molecule has 4 fully saturated rings. The molecular weight excluding hydrogens is 697 g/mol. The van der Waals surface area contributed by atoms with Crippen molar-refractivity contribution in [3.8, 4) is 0 Å². The second-order valence-corrected chi connectivity index (χ2v) is 16.0. The number of aryl methyl sites for hydroxylation is 1. The summed E-state index contributed by atoms with van der Waals surface area (Å²) in [5.74, 6) is 1.06. The van der Waals surface area contributed by atoms with Crippen LogP contribution < -0.4 is 26.0 Å². The lowest BCUT2D eigenvalue weighted by Gasteiger charge is -2.45. The van der Waals surface area contributed by atoms with Gasteiger partial charge < -0.3 is 15.1 Å². The molecule has 2 amide bonds. The molecule has 7 heterocycles. The van der Waals surface area contributed by atoms with E-state index in [1.165, 1.54) is 23.7 Å². The number of anilines is 4. The molecule has 2 N–H and O–H groups in total. The van der Waals surface area contributed by atoms with Gasteiger partial charge in [0.25, 0.3) is 5.56 Å². The Balaban J connectivity index is 0.770. The summed E-state index contributed by atoms with van der Waals surface area (Å²) in [6.45, 7) is 11.8. The number of carbonyl (C=O) groups is 3. The van der Waals surface area contributed by atoms with E-state index in [9.17, 15) is 19.2 Å². The lowest BCUT2D eigenvalue weighted by Crippen LogP contribution is -2.55. The van der Waals surface area contributed by atoms with Crippen LogP contribution in [0.15, 0.2) is 47.5 Å². The topological polar surface area (TPSA) is 149 Å². The maximum absolute atomic E-state index is 13.6. The van der Waals surface area contributed by atoms with Crippen LogP contribution in [0.1, 0.15) is 78.5 Å². The minimum absolute atomic E-state index is 0.0242. The number of nitrogens with one attached hydrogen (secondary N) is 2. The summed E-state index contributed by atoms with van der Waals surface area (Å²) in [6.07, 6.45) is 8.49. The summed E-state index contributed by atoms with van der Waals surface area (Å²) in [4.78, 5) is 73.7. The molecule has 286 valence electrons. The fourth-order valence-electron chi connectivity index (χ4n) is 9.38. The van der Waals surface area contributed by atoms with E-state index in [4.69, 9.17) is 4.98 Å². The van der Waals surface area contributed by atoms with Crippen molar-refractivity contribution in [2.75, 3.05) is 60.9 Å². The Kier molecular flexibility index (Phi) is 9.33. The van der Waals surface area contributed by atoms with Crippen molar-refractivity contribution in [1.29, 1.82) is 0 Å². The number of amides is 2. The van der Waals surface area contributed by atoms with Gasteiger partial charge in [0, 0.05) is 94.6 Å². The highest BCUT2D eigenvalue weighted by molar-refractivity contribution is 6.00. The van der Waals surface area contributed by atoms with Crippen molar-refractivity contribution in [2.45, 2.75) is 77.5 Å². The quantitative estimate of drug-likeness (QED) is 0.189. The van der Waals surface area contributed by atoms with Gasteiger partial charge in [-0.05, 0) is 74.1 Å². The first-order chi connectivity index (χ1) is 26.7. The third-order valence-electron chi connectivity index (χ3n) is 12.4. The molecule has 4 aromatic rings. The van der Waals surface area contributed by atoms with Crippen LogP contribution in [-0.2, 0) is 22.7 Å². The molecule has 1 atom stereocenters. The van der Waals surface area contributed by atoms with E-state index < -0.39 is 0 Å². The number of benzene rings is 1. The van der Waals surface area contributed by atoms with Crippen molar-refractivity contribution in [3.05, 3.63) is 75.3 Å². The number of nitrogens with zero attached hydrogens (tertiary/aromatic N) is 8. The van der Waals surface area contributed by atoms with Gasteiger partial charge in [0.15, 0.2) is 5.78 Å². The predicted molar refractivity (Wildman–Crippen MR) is 210 cm³/mol. The van der Waals surface area contributed by atoms with Gasteiger partial charge in [-0.25, -0.2) is 9.97 Å². The fraction of sp³-hybridized carbons (Fsp3) is 0.488. The van der Waals surface area contributed by atoms with Gasteiger partial charge in [-0.2, -0.15) is 4.98 Å². The van der Waals surface area contributed by atoms with Crippen LogP contribution in [0.3, 0.4) is 0 Å². The number of pyridine rings is 2. The lowest BCUT2D eigenvalue weighted by atomic mass is 9.97. The second-order valence-electron chi connectivity index (χ2n) is 16.0. The molecule has 3 aromatic heterocycles. The molecule has 3 saturated heterocycles.